The number of ether oxygens (including phenoxy) is 2. The summed E-state index contributed by atoms with van der Waals surface area (Å²) in [6, 6.07) is 8.37. The van der Waals surface area contributed by atoms with E-state index in [4.69, 9.17) is 9.47 Å². The quantitative estimate of drug-likeness (QED) is 0.902. The van der Waals surface area contributed by atoms with Crippen LogP contribution in [0.15, 0.2) is 24.3 Å². The van der Waals surface area contributed by atoms with Gasteiger partial charge in [0.15, 0.2) is 11.5 Å². The van der Waals surface area contributed by atoms with Gasteiger partial charge in [-0.15, -0.1) is 0 Å². The topological polar surface area (TPSA) is 33.7 Å². The van der Waals surface area contributed by atoms with E-state index in [-0.39, 0.29) is 6.10 Å². The second-order valence-electron chi connectivity index (χ2n) is 6.17. The fourth-order valence-electron chi connectivity index (χ4n) is 3.09. The zero-order valence-corrected chi connectivity index (χ0v) is 12.9. The van der Waals surface area contributed by atoms with Crippen LogP contribution in [0.3, 0.4) is 0 Å². The Bertz CT molecular complexity index is 446. The molecule has 0 radical (unpaired) electrons. The van der Waals surface area contributed by atoms with Gasteiger partial charge in [-0.2, -0.15) is 0 Å². The van der Waals surface area contributed by atoms with E-state index >= 15 is 0 Å². The third kappa shape index (κ3) is 4.11. The summed E-state index contributed by atoms with van der Waals surface area (Å²) in [6.07, 6.45) is 4.20. The van der Waals surface area contributed by atoms with Crippen molar-refractivity contribution >= 4 is 0 Å². The molecule has 2 aliphatic rings. The van der Waals surface area contributed by atoms with E-state index in [1.807, 2.05) is 24.3 Å². The van der Waals surface area contributed by atoms with Gasteiger partial charge >= 0.3 is 0 Å². The van der Waals surface area contributed by atoms with E-state index in [1.165, 1.54) is 32.4 Å². The molecule has 3 rings (SSSR count). The van der Waals surface area contributed by atoms with Gasteiger partial charge in [0.05, 0.1) is 0 Å². The van der Waals surface area contributed by atoms with Gasteiger partial charge in [0.1, 0.15) is 12.7 Å². The molecule has 0 spiro atoms. The van der Waals surface area contributed by atoms with Crippen molar-refractivity contribution in [3.63, 3.8) is 0 Å². The Morgan fingerprint density at radius 3 is 2.76 bits per heavy atom. The highest BCUT2D eigenvalue weighted by Crippen LogP contribution is 2.30. The number of para-hydroxylation sites is 2. The van der Waals surface area contributed by atoms with Crippen LogP contribution in [0.5, 0.6) is 11.5 Å². The molecule has 2 heterocycles. The average molecular weight is 290 g/mol. The molecule has 0 bridgehead atoms. The molecule has 2 unspecified atom stereocenters. The minimum absolute atomic E-state index is 0.101. The molecular formula is C17H26N2O2. The Balaban J connectivity index is 1.41. The van der Waals surface area contributed by atoms with E-state index in [2.05, 4.69) is 17.1 Å². The van der Waals surface area contributed by atoms with Crippen LogP contribution in [0.1, 0.15) is 26.2 Å². The van der Waals surface area contributed by atoms with Gasteiger partial charge in [0.2, 0.25) is 0 Å². The highest BCUT2D eigenvalue weighted by molar-refractivity contribution is 5.40. The molecular weight excluding hydrogens is 264 g/mol. The van der Waals surface area contributed by atoms with Crippen molar-refractivity contribution in [3.05, 3.63) is 24.3 Å². The summed E-state index contributed by atoms with van der Waals surface area (Å²) in [5.41, 5.74) is 0. The molecule has 21 heavy (non-hydrogen) atoms. The highest BCUT2D eigenvalue weighted by atomic mass is 16.6. The first-order valence-electron chi connectivity index (χ1n) is 8.15. The fraction of sp³-hybridized carbons (Fsp3) is 0.647. The molecule has 1 N–H and O–H groups in total. The summed E-state index contributed by atoms with van der Waals surface area (Å²) >= 11 is 0. The monoisotopic (exact) mass is 290 g/mol. The lowest BCUT2D eigenvalue weighted by Crippen LogP contribution is -2.46. The molecule has 4 heteroatoms. The number of nitrogens with zero attached hydrogens (tertiary/aromatic N) is 1. The highest BCUT2D eigenvalue weighted by Gasteiger charge is 2.21. The fourth-order valence-corrected chi connectivity index (χ4v) is 3.09. The van der Waals surface area contributed by atoms with Crippen LogP contribution in [-0.2, 0) is 0 Å². The standard InChI is InChI=1S/C17H26N2O2/c1-14(12-19-9-5-2-6-10-19)18-11-15-13-20-16-7-3-4-8-17(16)21-15/h3-4,7-8,14-15,18H,2,5-6,9-13H2,1H3. The molecule has 1 saturated heterocycles. The first kappa shape index (κ1) is 14.7. The van der Waals surface area contributed by atoms with E-state index in [1.54, 1.807) is 0 Å². The van der Waals surface area contributed by atoms with Crippen molar-refractivity contribution < 1.29 is 9.47 Å². The van der Waals surface area contributed by atoms with Crippen molar-refractivity contribution in [1.82, 2.24) is 10.2 Å². The number of hydrogen-bond donors (Lipinski definition) is 1. The molecule has 2 aliphatic heterocycles. The SMILES string of the molecule is CC(CN1CCCCC1)NCC1COc2ccccc2O1. The summed E-state index contributed by atoms with van der Waals surface area (Å²) < 4.78 is 11.7. The van der Waals surface area contributed by atoms with Crippen LogP contribution in [0.2, 0.25) is 0 Å². The summed E-state index contributed by atoms with van der Waals surface area (Å²) in [7, 11) is 0. The minimum atomic E-state index is 0.101. The van der Waals surface area contributed by atoms with Gasteiger partial charge < -0.3 is 19.7 Å². The second kappa shape index (κ2) is 7.14. The Hall–Kier alpha value is -1.26. The lowest BCUT2D eigenvalue weighted by atomic mass is 10.1. The number of benzene rings is 1. The molecule has 0 aromatic heterocycles. The molecule has 2 atom stereocenters. The van der Waals surface area contributed by atoms with Gasteiger partial charge in [-0.25, -0.2) is 0 Å². The van der Waals surface area contributed by atoms with Crippen molar-refractivity contribution in [2.75, 3.05) is 32.8 Å². The van der Waals surface area contributed by atoms with Crippen LogP contribution in [0.25, 0.3) is 0 Å². The Morgan fingerprint density at radius 2 is 1.95 bits per heavy atom. The zero-order chi connectivity index (χ0) is 14.5. The van der Waals surface area contributed by atoms with Gasteiger partial charge in [-0.1, -0.05) is 18.6 Å². The first-order valence-corrected chi connectivity index (χ1v) is 8.15. The third-order valence-corrected chi connectivity index (χ3v) is 4.24. The van der Waals surface area contributed by atoms with E-state index in [0.717, 1.165) is 24.6 Å². The molecule has 1 aromatic rings. The van der Waals surface area contributed by atoms with Crippen LogP contribution >= 0.6 is 0 Å². The summed E-state index contributed by atoms with van der Waals surface area (Å²) in [4.78, 5) is 2.56. The van der Waals surface area contributed by atoms with Crippen molar-refractivity contribution in [2.45, 2.75) is 38.3 Å². The molecule has 0 saturated carbocycles. The normalized spacial score (nSPS) is 23.8. The maximum Gasteiger partial charge on any atom is 0.161 e. The maximum absolute atomic E-state index is 5.97. The first-order chi connectivity index (χ1) is 10.3. The van der Waals surface area contributed by atoms with Gasteiger partial charge in [0.25, 0.3) is 0 Å². The second-order valence-corrected chi connectivity index (χ2v) is 6.17. The molecule has 116 valence electrons. The zero-order valence-electron chi connectivity index (χ0n) is 12.9. The minimum Gasteiger partial charge on any atom is -0.486 e. The largest absolute Gasteiger partial charge is 0.486 e. The smallest absolute Gasteiger partial charge is 0.161 e. The summed E-state index contributed by atoms with van der Waals surface area (Å²) in [5.74, 6) is 1.72. The number of piperidine rings is 1. The van der Waals surface area contributed by atoms with Crippen LogP contribution in [-0.4, -0.2) is 49.8 Å². The lowest BCUT2D eigenvalue weighted by molar-refractivity contribution is 0.0866. The Morgan fingerprint density at radius 1 is 1.19 bits per heavy atom. The van der Waals surface area contributed by atoms with Crippen LogP contribution in [0, 0.1) is 0 Å². The van der Waals surface area contributed by atoms with Gasteiger partial charge in [0, 0.05) is 19.1 Å². The lowest BCUT2D eigenvalue weighted by Gasteiger charge is -2.31. The number of rotatable bonds is 5. The number of nitrogens with one attached hydrogen (secondary N) is 1. The van der Waals surface area contributed by atoms with Crippen molar-refractivity contribution in [3.8, 4) is 11.5 Å². The van der Waals surface area contributed by atoms with E-state index in [0.29, 0.717) is 12.6 Å². The van der Waals surface area contributed by atoms with Gasteiger partial charge in [-0.3, -0.25) is 0 Å². The molecule has 4 nitrogen and oxygen atoms in total. The number of fused-ring (bicyclic) bond motifs is 1. The third-order valence-electron chi connectivity index (χ3n) is 4.24. The van der Waals surface area contributed by atoms with Crippen LogP contribution < -0.4 is 14.8 Å². The van der Waals surface area contributed by atoms with E-state index < -0.39 is 0 Å². The summed E-state index contributed by atoms with van der Waals surface area (Å²) in [5, 5.41) is 3.58. The van der Waals surface area contributed by atoms with Crippen molar-refractivity contribution in [2.24, 2.45) is 0 Å². The molecule has 0 aliphatic carbocycles. The number of likely N-dealkylation sites (tertiary alicyclic amines) is 1. The molecule has 1 aromatic carbocycles. The summed E-state index contributed by atoms with van der Waals surface area (Å²) in [6.45, 7) is 7.35. The number of hydrogen-bond acceptors (Lipinski definition) is 4. The van der Waals surface area contributed by atoms with Crippen molar-refractivity contribution in [1.29, 1.82) is 0 Å². The van der Waals surface area contributed by atoms with Crippen LogP contribution in [0.4, 0.5) is 0 Å². The van der Waals surface area contributed by atoms with E-state index in [9.17, 15) is 0 Å². The predicted molar refractivity (Wildman–Crippen MR) is 84.1 cm³/mol. The maximum atomic E-state index is 5.97. The average Bonchev–Trinajstić information content (AvgIpc) is 2.54. The predicted octanol–water partition coefficient (Wildman–Crippen LogP) is 2.29. The molecule has 0 amide bonds. The van der Waals surface area contributed by atoms with Gasteiger partial charge in [-0.05, 0) is 45.0 Å². The Labute approximate surface area is 127 Å². The molecule has 1 fully saturated rings. The Kier molecular flexibility index (Phi) is 4.99.